The first-order valence-electron chi connectivity index (χ1n) is 5.49. The van der Waals surface area contributed by atoms with E-state index in [1.807, 2.05) is 25.1 Å². The van der Waals surface area contributed by atoms with Crippen LogP contribution in [0.1, 0.15) is 11.9 Å². The molecule has 17 heavy (non-hydrogen) atoms. The Kier molecular flexibility index (Phi) is 3.92. The van der Waals surface area contributed by atoms with Crippen molar-refractivity contribution in [2.24, 2.45) is 5.73 Å². The maximum atomic E-state index is 5.56. The number of hydrogen-bond donors (Lipinski definition) is 1. The second-order valence-electron chi connectivity index (χ2n) is 3.78. The van der Waals surface area contributed by atoms with E-state index in [2.05, 4.69) is 34.3 Å². The third-order valence-electron chi connectivity index (χ3n) is 2.19. The summed E-state index contributed by atoms with van der Waals surface area (Å²) in [6.07, 6.45) is 0.680. The third kappa shape index (κ3) is 3.42. The summed E-state index contributed by atoms with van der Waals surface area (Å²) < 4.78 is 0. The van der Waals surface area contributed by atoms with E-state index in [0.717, 1.165) is 16.3 Å². The molecule has 1 aromatic carbocycles. The molecule has 2 N–H and O–H groups in total. The zero-order chi connectivity index (χ0) is 12.1. The Morgan fingerprint density at radius 2 is 2.12 bits per heavy atom. The van der Waals surface area contributed by atoms with Gasteiger partial charge in [-0.05, 0) is 6.92 Å². The predicted octanol–water partition coefficient (Wildman–Crippen LogP) is 2.70. The average molecular weight is 242 g/mol. The highest BCUT2D eigenvalue weighted by molar-refractivity contribution is 7.10. The van der Waals surface area contributed by atoms with Gasteiger partial charge in [0.15, 0.2) is 0 Å². The summed E-state index contributed by atoms with van der Waals surface area (Å²) in [5.74, 6) is 5.98. The second-order valence-corrected chi connectivity index (χ2v) is 4.72. The monoisotopic (exact) mass is 242 g/mol. The van der Waals surface area contributed by atoms with Crippen molar-refractivity contribution in [3.8, 4) is 23.1 Å². The highest BCUT2D eigenvalue weighted by Crippen LogP contribution is 2.21. The minimum Gasteiger partial charge on any atom is -0.318 e. The molecular weight excluding hydrogens is 228 g/mol. The van der Waals surface area contributed by atoms with E-state index in [9.17, 15) is 0 Å². The van der Waals surface area contributed by atoms with Gasteiger partial charge in [-0.25, -0.2) is 4.98 Å². The lowest BCUT2D eigenvalue weighted by Crippen LogP contribution is -2.10. The molecule has 1 aromatic heterocycles. The fourth-order valence-corrected chi connectivity index (χ4v) is 2.16. The van der Waals surface area contributed by atoms with Crippen LogP contribution in [0.5, 0.6) is 0 Å². The van der Waals surface area contributed by atoms with Crippen LogP contribution in [0.3, 0.4) is 0 Å². The maximum Gasteiger partial charge on any atom is 0.105 e. The molecule has 0 aliphatic carbocycles. The Morgan fingerprint density at radius 1 is 1.35 bits per heavy atom. The second kappa shape index (κ2) is 5.62. The molecule has 0 aliphatic heterocycles. The predicted molar refractivity (Wildman–Crippen MR) is 72.7 cm³/mol. The van der Waals surface area contributed by atoms with Gasteiger partial charge in [0.05, 0.1) is 18.2 Å². The van der Waals surface area contributed by atoms with E-state index in [1.165, 1.54) is 0 Å². The average Bonchev–Trinajstić information content (AvgIpc) is 2.78. The number of hydrogen-bond acceptors (Lipinski definition) is 3. The quantitative estimate of drug-likeness (QED) is 0.822. The van der Waals surface area contributed by atoms with Crippen LogP contribution in [0.2, 0.25) is 0 Å². The normalized spacial score (nSPS) is 11.6. The standard InChI is InChI=1S/C14H14N2S/c1-11(15)6-5-9-14-16-13(10-17-14)12-7-3-2-4-8-12/h2-4,7-8,10-11H,9,15H2,1H3. The summed E-state index contributed by atoms with van der Waals surface area (Å²) in [7, 11) is 0. The van der Waals surface area contributed by atoms with Crippen LogP contribution >= 0.6 is 11.3 Å². The lowest BCUT2D eigenvalue weighted by molar-refractivity contribution is 0.957. The molecule has 0 saturated heterocycles. The van der Waals surface area contributed by atoms with Gasteiger partial charge < -0.3 is 5.73 Å². The molecule has 1 atom stereocenters. The summed E-state index contributed by atoms with van der Waals surface area (Å²) >= 11 is 1.64. The topological polar surface area (TPSA) is 38.9 Å². The maximum absolute atomic E-state index is 5.56. The van der Waals surface area contributed by atoms with Gasteiger partial charge in [-0.15, -0.1) is 11.3 Å². The Hall–Kier alpha value is -1.63. The molecule has 0 radical (unpaired) electrons. The highest BCUT2D eigenvalue weighted by Gasteiger charge is 2.02. The van der Waals surface area contributed by atoms with Crippen molar-refractivity contribution in [1.82, 2.24) is 4.98 Å². The van der Waals surface area contributed by atoms with Crippen molar-refractivity contribution >= 4 is 11.3 Å². The Morgan fingerprint density at radius 3 is 2.82 bits per heavy atom. The zero-order valence-corrected chi connectivity index (χ0v) is 10.5. The number of rotatable bonds is 2. The van der Waals surface area contributed by atoms with E-state index in [1.54, 1.807) is 11.3 Å². The smallest absolute Gasteiger partial charge is 0.105 e. The number of nitrogens with two attached hydrogens (primary N) is 1. The van der Waals surface area contributed by atoms with Crippen LogP contribution in [-0.2, 0) is 6.42 Å². The third-order valence-corrected chi connectivity index (χ3v) is 3.04. The van der Waals surface area contributed by atoms with E-state index in [0.29, 0.717) is 6.42 Å². The summed E-state index contributed by atoms with van der Waals surface area (Å²) in [6, 6.07) is 10.1. The molecular formula is C14H14N2S. The fourth-order valence-electron chi connectivity index (χ4n) is 1.42. The van der Waals surface area contributed by atoms with Gasteiger partial charge in [0, 0.05) is 10.9 Å². The van der Waals surface area contributed by atoms with Gasteiger partial charge in [0.1, 0.15) is 5.01 Å². The molecule has 0 spiro atoms. The van der Waals surface area contributed by atoms with Gasteiger partial charge >= 0.3 is 0 Å². The van der Waals surface area contributed by atoms with Crippen molar-refractivity contribution in [2.45, 2.75) is 19.4 Å². The van der Waals surface area contributed by atoms with Crippen LogP contribution in [0.15, 0.2) is 35.7 Å². The largest absolute Gasteiger partial charge is 0.318 e. The van der Waals surface area contributed by atoms with E-state index >= 15 is 0 Å². The molecule has 0 bridgehead atoms. The fraction of sp³-hybridized carbons (Fsp3) is 0.214. The highest BCUT2D eigenvalue weighted by atomic mass is 32.1. The number of thiazole rings is 1. The van der Waals surface area contributed by atoms with Crippen LogP contribution < -0.4 is 5.73 Å². The molecule has 3 heteroatoms. The Labute approximate surface area is 106 Å². The van der Waals surface area contributed by atoms with Crippen LogP contribution in [0.25, 0.3) is 11.3 Å². The number of aromatic nitrogens is 1. The van der Waals surface area contributed by atoms with Crippen molar-refractivity contribution in [1.29, 1.82) is 0 Å². The summed E-state index contributed by atoms with van der Waals surface area (Å²) in [4.78, 5) is 4.55. The van der Waals surface area contributed by atoms with E-state index in [-0.39, 0.29) is 6.04 Å². The molecule has 0 fully saturated rings. The molecule has 0 saturated carbocycles. The molecule has 1 heterocycles. The molecule has 86 valence electrons. The van der Waals surface area contributed by atoms with Gasteiger partial charge in [0.25, 0.3) is 0 Å². The molecule has 0 amide bonds. The molecule has 2 nitrogen and oxygen atoms in total. The number of benzene rings is 1. The van der Waals surface area contributed by atoms with Crippen molar-refractivity contribution in [2.75, 3.05) is 0 Å². The molecule has 2 aromatic rings. The Bertz CT molecular complexity index is 532. The Balaban J connectivity index is 2.10. The van der Waals surface area contributed by atoms with E-state index < -0.39 is 0 Å². The zero-order valence-electron chi connectivity index (χ0n) is 9.68. The van der Waals surface area contributed by atoms with Gasteiger partial charge in [-0.1, -0.05) is 42.2 Å². The minimum atomic E-state index is -0.0662. The summed E-state index contributed by atoms with van der Waals surface area (Å²) in [5, 5.41) is 3.11. The van der Waals surface area contributed by atoms with Gasteiger partial charge in [-0.3, -0.25) is 0 Å². The van der Waals surface area contributed by atoms with E-state index in [4.69, 9.17) is 5.73 Å². The van der Waals surface area contributed by atoms with Crippen LogP contribution in [0.4, 0.5) is 0 Å². The van der Waals surface area contributed by atoms with Crippen LogP contribution in [0, 0.1) is 11.8 Å². The number of nitrogens with zero attached hydrogens (tertiary/aromatic N) is 1. The summed E-state index contributed by atoms with van der Waals surface area (Å²) in [5.41, 5.74) is 7.73. The van der Waals surface area contributed by atoms with Crippen LogP contribution in [-0.4, -0.2) is 11.0 Å². The molecule has 2 rings (SSSR count). The summed E-state index contributed by atoms with van der Waals surface area (Å²) in [6.45, 7) is 1.88. The first kappa shape index (κ1) is 11.8. The SMILES string of the molecule is CC(N)C#CCc1nc(-c2ccccc2)cs1. The van der Waals surface area contributed by atoms with Gasteiger partial charge in [-0.2, -0.15) is 0 Å². The first-order chi connectivity index (χ1) is 8.25. The van der Waals surface area contributed by atoms with Gasteiger partial charge in [0.2, 0.25) is 0 Å². The molecule has 0 aliphatic rings. The molecule has 1 unspecified atom stereocenters. The van der Waals surface area contributed by atoms with Crippen molar-refractivity contribution < 1.29 is 0 Å². The van der Waals surface area contributed by atoms with Crippen molar-refractivity contribution in [3.63, 3.8) is 0 Å². The lowest BCUT2D eigenvalue weighted by atomic mass is 10.2. The van der Waals surface area contributed by atoms with Crippen molar-refractivity contribution in [3.05, 3.63) is 40.7 Å². The first-order valence-corrected chi connectivity index (χ1v) is 6.37. The minimum absolute atomic E-state index is 0.0662. The lowest BCUT2D eigenvalue weighted by Gasteiger charge is -1.93.